The second-order valence-electron chi connectivity index (χ2n) is 4.31. The molecule has 1 aromatic heterocycles. The van der Waals surface area contributed by atoms with E-state index in [1.807, 2.05) is 0 Å². The second kappa shape index (κ2) is 4.79. The zero-order chi connectivity index (χ0) is 14.3. The van der Waals surface area contributed by atoms with Crippen molar-refractivity contribution < 1.29 is 13.2 Å². The van der Waals surface area contributed by atoms with Crippen LogP contribution in [0.2, 0.25) is 5.02 Å². The summed E-state index contributed by atoms with van der Waals surface area (Å²) in [4.78, 5) is 0.301. The standard InChI is InChI=1S/C15H9ClF3S/c16-12-7-5-10(6-8-12)14-9-11-3-1-2-4-13(11)20(14)15(17,18)19/h1-9H/q+1. The molecule has 0 amide bonds. The fourth-order valence-electron chi connectivity index (χ4n) is 2.17. The van der Waals surface area contributed by atoms with Crippen molar-refractivity contribution in [3.8, 4) is 10.4 Å². The topological polar surface area (TPSA) is 0 Å². The number of rotatable bonds is 1. The first-order valence-corrected chi connectivity index (χ1v) is 7.45. The normalized spacial score (nSPS) is 12.9. The van der Waals surface area contributed by atoms with Gasteiger partial charge < -0.3 is 0 Å². The Morgan fingerprint density at radius 2 is 1.55 bits per heavy atom. The summed E-state index contributed by atoms with van der Waals surface area (Å²) in [6.07, 6.45) is 0. The third-order valence-electron chi connectivity index (χ3n) is 3.01. The van der Waals surface area contributed by atoms with Gasteiger partial charge in [0.05, 0.1) is 0 Å². The molecular formula is C15H9ClF3S+. The quantitative estimate of drug-likeness (QED) is 0.457. The monoisotopic (exact) mass is 313 g/mol. The summed E-state index contributed by atoms with van der Waals surface area (Å²) in [5, 5.41) is 1.15. The van der Waals surface area contributed by atoms with E-state index in [2.05, 4.69) is 0 Å². The van der Waals surface area contributed by atoms with E-state index in [1.54, 1.807) is 54.6 Å². The van der Waals surface area contributed by atoms with Gasteiger partial charge in [-0.15, -0.1) is 13.2 Å². The van der Waals surface area contributed by atoms with Gasteiger partial charge in [-0.25, -0.2) is 0 Å². The molecule has 0 saturated heterocycles. The highest BCUT2D eigenvalue weighted by Gasteiger charge is 2.48. The van der Waals surface area contributed by atoms with Crippen molar-refractivity contribution in [2.24, 2.45) is 0 Å². The maximum absolute atomic E-state index is 13.4. The number of halogens is 4. The van der Waals surface area contributed by atoms with Gasteiger partial charge in [-0.2, -0.15) is 0 Å². The minimum atomic E-state index is -4.28. The fraction of sp³-hybridized carbons (Fsp3) is 0.0667. The van der Waals surface area contributed by atoms with E-state index >= 15 is 0 Å². The summed E-state index contributed by atoms with van der Waals surface area (Å²) in [5.74, 6) is 0. The minimum Gasteiger partial charge on any atom is -0.118 e. The number of benzene rings is 2. The van der Waals surface area contributed by atoms with E-state index in [9.17, 15) is 13.2 Å². The molecule has 0 radical (unpaired) electrons. The van der Waals surface area contributed by atoms with Crippen molar-refractivity contribution in [2.75, 3.05) is 0 Å². The van der Waals surface area contributed by atoms with Gasteiger partial charge in [-0.1, -0.05) is 23.7 Å². The van der Waals surface area contributed by atoms with Gasteiger partial charge in [0.25, 0.3) is 0 Å². The molecule has 0 saturated carbocycles. The third kappa shape index (κ3) is 2.30. The molecule has 1 unspecified atom stereocenters. The van der Waals surface area contributed by atoms with Crippen molar-refractivity contribution in [2.45, 2.75) is 5.51 Å². The van der Waals surface area contributed by atoms with Gasteiger partial charge in [0.15, 0.2) is 9.58 Å². The van der Waals surface area contributed by atoms with Gasteiger partial charge in [-0.05, 0) is 36.4 Å². The molecule has 1 atom stereocenters. The van der Waals surface area contributed by atoms with Gasteiger partial charge in [-0.3, -0.25) is 0 Å². The Labute approximate surface area is 121 Å². The van der Waals surface area contributed by atoms with Crippen LogP contribution in [0.4, 0.5) is 13.2 Å². The van der Waals surface area contributed by atoms with E-state index in [1.165, 1.54) is 0 Å². The maximum atomic E-state index is 13.4. The van der Waals surface area contributed by atoms with Gasteiger partial charge in [0.1, 0.15) is 10.5 Å². The molecule has 0 aliphatic heterocycles. The van der Waals surface area contributed by atoms with Crippen LogP contribution in [0.3, 0.4) is 0 Å². The predicted molar refractivity (Wildman–Crippen MR) is 78.2 cm³/mol. The van der Waals surface area contributed by atoms with Crippen LogP contribution in [0.1, 0.15) is 0 Å². The lowest BCUT2D eigenvalue weighted by Gasteiger charge is -2.00. The molecule has 0 nitrogen and oxygen atoms in total. The Kier molecular flexibility index (Phi) is 3.22. The summed E-state index contributed by atoms with van der Waals surface area (Å²) in [5.41, 5.74) is -3.72. The SMILES string of the molecule is FC(F)(F)[s+]1c(-c2ccc(Cl)cc2)cc2ccccc21. The number of alkyl halides is 3. The number of fused-ring (bicyclic) bond motifs is 1. The fourth-order valence-corrected chi connectivity index (χ4v) is 4.22. The molecule has 3 rings (SSSR count). The van der Waals surface area contributed by atoms with Crippen LogP contribution in [-0.4, -0.2) is 0 Å². The molecule has 0 aliphatic carbocycles. The summed E-state index contributed by atoms with van der Waals surface area (Å²) in [6.45, 7) is 0. The molecule has 0 aliphatic rings. The smallest absolute Gasteiger partial charge is 0.118 e. The van der Waals surface area contributed by atoms with Crippen LogP contribution in [0.25, 0.3) is 20.5 Å². The molecule has 0 bridgehead atoms. The summed E-state index contributed by atoms with van der Waals surface area (Å²) < 4.78 is 40.5. The zero-order valence-electron chi connectivity index (χ0n) is 10.1. The largest absolute Gasteiger partial charge is 0.601 e. The average molecular weight is 314 g/mol. The van der Waals surface area contributed by atoms with Crippen molar-refractivity contribution in [3.63, 3.8) is 0 Å². The first kappa shape index (κ1) is 13.5. The maximum Gasteiger partial charge on any atom is 0.601 e. The molecule has 5 heteroatoms. The van der Waals surface area contributed by atoms with Crippen LogP contribution >= 0.6 is 22.1 Å². The number of thiophene rings is 1. The van der Waals surface area contributed by atoms with Crippen molar-refractivity contribution in [1.29, 1.82) is 0 Å². The first-order valence-electron chi connectivity index (χ1n) is 5.84. The van der Waals surface area contributed by atoms with Gasteiger partial charge in [0.2, 0.25) is 0 Å². The lowest BCUT2D eigenvalue weighted by atomic mass is 10.1. The van der Waals surface area contributed by atoms with Crippen molar-refractivity contribution in [3.05, 3.63) is 59.6 Å². The molecule has 0 fully saturated rings. The Hall–Kier alpha value is -1.52. The van der Waals surface area contributed by atoms with Crippen LogP contribution in [0, 0.1) is 0 Å². The highest BCUT2D eigenvalue weighted by Crippen LogP contribution is 2.54. The Morgan fingerprint density at radius 3 is 2.20 bits per heavy atom. The molecule has 1 heterocycles. The Balaban J connectivity index is 2.32. The number of hydrogen-bond donors (Lipinski definition) is 0. The third-order valence-corrected chi connectivity index (χ3v) is 5.33. The summed E-state index contributed by atoms with van der Waals surface area (Å²) in [7, 11) is -1.90. The minimum absolute atomic E-state index is 0.301. The van der Waals surface area contributed by atoms with Gasteiger partial charge in [0, 0.05) is 22.0 Å². The summed E-state index contributed by atoms with van der Waals surface area (Å²) in [6, 6.07) is 14.8. The molecule has 0 N–H and O–H groups in total. The zero-order valence-corrected chi connectivity index (χ0v) is 11.7. The van der Waals surface area contributed by atoms with E-state index < -0.39 is 16.0 Å². The van der Waals surface area contributed by atoms with Gasteiger partial charge >= 0.3 is 5.51 Å². The van der Waals surface area contributed by atoms with E-state index in [-0.39, 0.29) is 0 Å². The lowest BCUT2D eigenvalue weighted by molar-refractivity contribution is -0.0864. The predicted octanol–water partition coefficient (Wildman–Crippen LogP) is 6.39. The molecule has 102 valence electrons. The molecule has 20 heavy (non-hydrogen) atoms. The summed E-state index contributed by atoms with van der Waals surface area (Å²) >= 11 is 5.79. The van der Waals surface area contributed by atoms with Crippen LogP contribution in [-0.2, 0) is 5.51 Å². The molecule has 2 aromatic carbocycles. The van der Waals surface area contributed by atoms with Crippen LogP contribution < -0.4 is 0 Å². The van der Waals surface area contributed by atoms with E-state index in [0.29, 0.717) is 25.5 Å². The Bertz CT molecular complexity index is 757. The van der Waals surface area contributed by atoms with Crippen molar-refractivity contribution in [1.82, 2.24) is 0 Å². The molecule has 0 spiro atoms. The van der Waals surface area contributed by atoms with Crippen LogP contribution in [0.5, 0.6) is 0 Å². The van der Waals surface area contributed by atoms with Crippen LogP contribution in [0.15, 0.2) is 54.6 Å². The number of hydrogen-bond acceptors (Lipinski definition) is 0. The highest BCUT2D eigenvalue weighted by atomic mass is 35.5. The first-order chi connectivity index (χ1) is 9.47. The second-order valence-corrected chi connectivity index (χ2v) is 6.70. The molecular weight excluding hydrogens is 305 g/mol. The molecule has 3 aromatic rings. The van der Waals surface area contributed by atoms with Crippen molar-refractivity contribution >= 4 is 32.2 Å². The average Bonchev–Trinajstić information content (AvgIpc) is 2.78. The highest BCUT2D eigenvalue weighted by molar-refractivity contribution is 7.41. The lowest BCUT2D eigenvalue weighted by Crippen LogP contribution is -1.96. The van der Waals surface area contributed by atoms with E-state index in [4.69, 9.17) is 11.6 Å². The van der Waals surface area contributed by atoms with E-state index in [0.717, 1.165) is 0 Å². The Morgan fingerprint density at radius 1 is 0.900 bits per heavy atom.